The first kappa shape index (κ1) is 16.3. The van der Waals surface area contributed by atoms with E-state index in [0.717, 1.165) is 63.8 Å². The van der Waals surface area contributed by atoms with E-state index in [2.05, 4.69) is 13.2 Å². The summed E-state index contributed by atoms with van der Waals surface area (Å²) in [5.41, 5.74) is 0. The molecule has 6 rings (SSSR count). The van der Waals surface area contributed by atoms with Crippen molar-refractivity contribution in [3.63, 3.8) is 0 Å². The summed E-state index contributed by atoms with van der Waals surface area (Å²) in [6.07, 6.45) is 3.56. The average molecular weight is 433 g/mol. The first-order chi connectivity index (χ1) is 13.8. The summed E-state index contributed by atoms with van der Waals surface area (Å²) in [6.45, 7) is 8.34. The molecule has 6 nitrogen and oxygen atoms in total. The highest BCUT2D eigenvalue weighted by atomic mass is 32.1. The highest BCUT2D eigenvalue weighted by Gasteiger charge is 2.37. The minimum absolute atomic E-state index is 0.177. The van der Waals surface area contributed by atoms with Crippen molar-refractivity contribution < 1.29 is 28.4 Å². The molecule has 0 aromatic carbocycles. The fourth-order valence-electron chi connectivity index (χ4n) is 3.34. The van der Waals surface area contributed by atoms with Crippen LogP contribution in [0.1, 0.15) is 9.75 Å². The molecule has 3 aromatic heterocycles. The maximum atomic E-state index is 5.83. The van der Waals surface area contributed by atoms with E-state index < -0.39 is 0 Å². The summed E-state index contributed by atoms with van der Waals surface area (Å²) in [5.74, 6) is 4.37. The minimum atomic E-state index is 0.177. The number of fused-ring (bicyclic) bond motifs is 3. The van der Waals surface area contributed by atoms with E-state index >= 15 is 0 Å². The Kier molecular flexibility index (Phi) is 3.47. The van der Waals surface area contributed by atoms with Crippen LogP contribution in [0.4, 0.5) is 0 Å². The first-order valence-electron chi connectivity index (χ1n) is 8.33. The maximum Gasteiger partial charge on any atom is 0.231 e. The van der Waals surface area contributed by atoms with E-state index in [4.69, 9.17) is 28.4 Å². The number of thiophene rings is 3. The van der Waals surface area contributed by atoms with Gasteiger partial charge in [-0.15, -0.1) is 34.0 Å². The Morgan fingerprint density at radius 3 is 1.21 bits per heavy atom. The lowest BCUT2D eigenvalue weighted by Gasteiger charge is -2.01. The molecule has 0 amide bonds. The van der Waals surface area contributed by atoms with Crippen LogP contribution in [-0.2, 0) is 0 Å². The van der Waals surface area contributed by atoms with Crippen LogP contribution in [0, 0.1) is 0 Å². The lowest BCUT2D eigenvalue weighted by atomic mass is 10.2. The Morgan fingerprint density at radius 1 is 0.500 bits per heavy atom. The Labute approximate surface area is 171 Å². The summed E-state index contributed by atoms with van der Waals surface area (Å²) in [6, 6.07) is 0. The molecule has 3 aromatic rings. The predicted molar refractivity (Wildman–Crippen MR) is 109 cm³/mol. The van der Waals surface area contributed by atoms with Crippen LogP contribution in [0.25, 0.3) is 31.7 Å². The lowest BCUT2D eigenvalue weighted by molar-refractivity contribution is 0.172. The molecule has 142 valence electrons. The Morgan fingerprint density at radius 2 is 0.821 bits per heavy atom. The topological polar surface area (TPSA) is 55.4 Å². The molecule has 0 atom stereocenters. The van der Waals surface area contributed by atoms with E-state index in [9.17, 15) is 0 Å². The van der Waals surface area contributed by atoms with Gasteiger partial charge in [-0.05, 0) is 12.2 Å². The van der Waals surface area contributed by atoms with Crippen molar-refractivity contribution in [1.29, 1.82) is 0 Å². The normalized spacial score (nSPS) is 15.3. The SMILES string of the molecule is C=Cc1sc(-c2sc(-c3sc(C=C)c4c3OCO4)c3c2OCO3)c2c1OCO2. The van der Waals surface area contributed by atoms with Crippen molar-refractivity contribution in [2.45, 2.75) is 0 Å². The van der Waals surface area contributed by atoms with Gasteiger partial charge in [0.05, 0.1) is 29.3 Å². The molecule has 6 heterocycles. The molecular weight excluding hydrogens is 420 g/mol. The van der Waals surface area contributed by atoms with Gasteiger partial charge in [0, 0.05) is 0 Å². The molecule has 0 radical (unpaired) electrons. The molecule has 0 saturated heterocycles. The van der Waals surface area contributed by atoms with Gasteiger partial charge in [0.15, 0.2) is 34.5 Å². The average Bonchev–Trinajstić information content (AvgIpc) is 3.49. The second-order valence-electron chi connectivity index (χ2n) is 5.95. The summed E-state index contributed by atoms with van der Waals surface area (Å²) in [7, 11) is 0. The summed E-state index contributed by atoms with van der Waals surface area (Å²) in [4.78, 5) is 5.68. The zero-order valence-corrected chi connectivity index (χ0v) is 16.8. The molecule has 28 heavy (non-hydrogen) atoms. The second-order valence-corrected chi connectivity index (χ2v) is 9.08. The summed E-state index contributed by atoms with van der Waals surface area (Å²) < 4.78 is 34.3. The van der Waals surface area contributed by atoms with Gasteiger partial charge in [-0.3, -0.25) is 0 Å². The molecule has 0 spiro atoms. The molecule has 0 unspecified atom stereocenters. The number of hydrogen-bond acceptors (Lipinski definition) is 9. The van der Waals surface area contributed by atoms with E-state index in [1.807, 2.05) is 0 Å². The monoisotopic (exact) mass is 432 g/mol. The van der Waals surface area contributed by atoms with Gasteiger partial charge in [0.2, 0.25) is 20.4 Å². The second kappa shape index (κ2) is 5.94. The van der Waals surface area contributed by atoms with Crippen LogP contribution in [-0.4, -0.2) is 20.4 Å². The van der Waals surface area contributed by atoms with Gasteiger partial charge in [-0.2, -0.15) is 0 Å². The third-order valence-corrected chi connectivity index (χ3v) is 8.30. The zero-order valence-electron chi connectivity index (χ0n) is 14.4. The van der Waals surface area contributed by atoms with E-state index in [1.54, 1.807) is 46.2 Å². The van der Waals surface area contributed by atoms with Crippen molar-refractivity contribution >= 4 is 46.2 Å². The van der Waals surface area contributed by atoms with Crippen LogP contribution < -0.4 is 28.4 Å². The van der Waals surface area contributed by atoms with Crippen LogP contribution in [0.5, 0.6) is 34.5 Å². The van der Waals surface area contributed by atoms with Crippen LogP contribution in [0.3, 0.4) is 0 Å². The molecule has 0 aliphatic carbocycles. The van der Waals surface area contributed by atoms with Gasteiger partial charge >= 0.3 is 0 Å². The smallest absolute Gasteiger partial charge is 0.231 e. The minimum Gasteiger partial charge on any atom is -0.452 e. The first-order valence-corrected chi connectivity index (χ1v) is 10.8. The van der Waals surface area contributed by atoms with Crippen molar-refractivity contribution in [3.8, 4) is 54.0 Å². The highest BCUT2D eigenvalue weighted by Crippen LogP contribution is 2.63. The number of hydrogen-bond donors (Lipinski definition) is 0. The number of ether oxygens (including phenoxy) is 6. The van der Waals surface area contributed by atoms with Gasteiger partial charge in [0.25, 0.3) is 0 Å². The fraction of sp³-hybridized carbons (Fsp3) is 0.158. The fourth-order valence-corrected chi connectivity index (χ4v) is 6.86. The third kappa shape index (κ3) is 2.06. The molecule has 0 bridgehead atoms. The Bertz CT molecular complexity index is 1060. The van der Waals surface area contributed by atoms with Gasteiger partial charge < -0.3 is 28.4 Å². The Balaban J connectivity index is 1.57. The molecule has 9 heteroatoms. The molecule has 0 saturated carbocycles. The van der Waals surface area contributed by atoms with E-state index in [1.165, 1.54) is 0 Å². The quantitative estimate of drug-likeness (QED) is 0.529. The summed E-state index contributed by atoms with van der Waals surface area (Å²) >= 11 is 4.70. The third-order valence-electron chi connectivity index (χ3n) is 4.52. The maximum absolute atomic E-state index is 5.83. The van der Waals surface area contributed by atoms with Crippen molar-refractivity contribution in [1.82, 2.24) is 0 Å². The molecule has 3 aliphatic heterocycles. The molecule has 3 aliphatic rings. The number of rotatable bonds is 4. The highest BCUT2D eigenvalue weighted by molar-refractivity contribution is 7.28. The van der Waals surface area contributed by atoms with Crippen LogP contribution >= 0.6 is 34.0 Å². The standard InChI is InChI=1S/C19H12O6S3/c1-3-8-10-12(22-5-20-10)16(26-8)18-14-15(25-7-24-14)19(28-18)17-13-11(21-6-23-13)9(4-2)27-17/h3-4H,1-2,5-7H2. The molecular formula is C19H12O6S3. The predicted octanol–water partition coefficient (Wildman–Crippen LogP) is 5.68. The van der Waals surface area contributed by atoms with Crippen LogP contribution in [0.2, 0.25) is 0 Å². The lowest BCUT2D eigenvalue weighted by Crippen LogP contribution is -1.96. The van der Waals surface area contributed by atoms with Crippen molar-refractivity contribution in [2.75, 3.05) is 20.4 Å². The van der Waals surface area contributed by atoms with Crippen molar-refractivity contribution in [3.05, 3.63) is 22.9 Å². The van der Waals surface area contributed by atoms with Crippen molar-refractivity contribution in [2.24, 2.45) is 0 Å². The van der Waals surface area contributed by atoms with Crippen LogP contribution in [0.15, 0.2) is 13.2 Å². The van der Waals surface area contributed by atoms with E-state index in [-0.39, 0.29) is 20.4 Å². The van der Waals surface area contributed by atoms with Gasteiger partial charge in [-0.25, -0.2) is 0 Å². The van der Waals surface area contributed by atoms with Gasteiger partial charge in [0.1, 0.15) is 0 Å². The zero-order chi connectivity index (χ0) is 18.8. The summed E-state index contributed by atoms with van der Waals surface area (Å²) in [5, 5.41) is 0. The molecule has 0 fully saturated rings. The Hall–Kier alpha value is -2.62. The molecule has 0 N–H and O–H groups in total. The largest absolute Gasteiger partial charge is 0.452 e. The van der Waals surface area contributed by atoms with Gasteiger partial charge in [-0.1, -0.05) is 13.2 Å². The van der Waals surface area contributed by atoms with E-state index in [0.29, 0.717) is 0 Å².